The van der Waals surface area contributed by atoms with Gasteiger partial charge in [0, 0.05) is 12.1 Å². The van der Waals surface area contributed by atoms with Gasteiger partial charge >= 0.3 is 0 Å². The van der Waals surface area contributed by atoms with Crippen molar-refractivity contribution < 1.29 is 17.6 Å². The van der Waals surface area contributed by atoms with Crippen molar-refractivity contribution in [2.24, 2.45) is 5.92 Å². The van der Waals surface area contributed by atoms with E-state index in [9.17, 15) is 13.2 Å². The molecule has 1 aromatic heterocycles. The van der Waals surface area contributed by atoms with Gasteiger partial charge in [0.25, 0.3) is 0 Å². The van der Waals surface area contributed by atoms with E-state index in [4.69, 9.17) is 4.42 Å². The van der Waals surface area contributed by atoms with Crippen molar-refractivity contribution in [3.8, 4) is 0 Å². The van der Waals surface area contributed by atoms with Crippen molar-refractivity contribution in [1.29, 1.82) is 0 Å². The van der Waals surface area contributed by atoms with Crippen molar-refractivity contribution >= 4 is 15.7 Å². The first kappa shape index (κ1) is 25.0. The largest absolute Gasteiger partial charge is 0.467 e. The second-order valence-electron chi connectivity index (χ2n) is 10.3. The van der Waals surface area contributed by atoms with Crippen LogP contribution in [-0.2, 0) is 21.2 Å². The molecule has 0 unspecified atom stereocenters. The summed E-state index contributed by atoms with van der Waals surface area (Å²) in [6.45, 7) is 4.75. The summed E-state index contributed by atoms with van der Waals surface area (Å²) in [5, 5.41) is 3.47. The fourth-order valence-corrected chi connectivity index (χ4v) is 7.19. The second kappa shape index (κ2) is 11.1. The van der Waals surface area contributed by atoms with Crippen LogP contribution < -0.4 is 5.32 Å². The standard InChI is InChI=1S/C27H38N2O4S/c1-20(2)27(23-12-10-22(11-13-23)21-7-4-3-5-8-21)28-17-26(30)29(18-25-9-6-15-33-25)24-14-16-34(31,32)19-24/h6,9-13,15,20-21,24,27-28H,3-5,7-8,14,16-19H2,1-2H3/t24-,27-/m1/s1. The molecular formula is C27H38N2O4S. The van der Waals surface area contributed by atoms with Gasteiger partial charge in [-0.15, -0.1) is 0 Å². The van der Waals surface area contributed by atoms with Crippen LogP contribution >= 0.6 is 0 Å². The van der Waals surface area contributed by atoms with Crippen LogP contribution in [0.3, 0.4) is 0 Å². The van der Waals surface area contributed by atoms with Crippen molar-refractivity contribution in [2.75, 3.05) is 18.1 Å². The minimum absolute atomic E-state index is 0.0235. The Morgan fingerprint density at radius 2 is 1.82 bits per heavy atom. The number of nitrogens with one attached hydrogen (secondary N) is 1. The molecule has 2 heterocycles. The fraction of sp³-hybridized carbons (Fsp3) is 0.593. The van der Waals surface area contributed by atoms with E-state index in [-0.39, 0.29) is 42.6 Å². The zero-order valence-electron chi connectivity index (χ0n) is 20.4. The SMILES string of the molecule is CC(C)[C@@H](NCC(=O)N(Cc1ccco1)[C@@H]1CCS(=O)(=O)C1)c1ccc(C2CCCCC2)cc1. The van der Waals surface area contributed by atoms with Gasteiger partial charge in [-0.3, -0.25) is 4.79 Å². The van der Waals surface area contributed by atoms with E-state index in [1.807, 2.05) is 6.07 Å². The maximum absolute atomic E-state index is 13.3. The summed E-state index contributed by atoms with van der Waals surface area (Å²) in [5.41, 5.74) is 2.61. The molecule has 1 aliphatic heterocycles. The van der Waals surface area contributed by atoms with Gasteiger partial charge in [0.15, 0.2) is 9.84 Å². The van der Waals surface area contributed by atoms with Gasteiger partial charge in [-0.2, -0.15) is 0 Å². The summed E-state index contributed by atoms with van der Waals surface area (Å²) in [4.78, 5) is 15.0. The number of furan rings is 1. The highest BCUT2D eigenvalue weighted by Gasteiger charge is 2.35. The van der Waals surface area contributed by atoms with Gasteiger partial charge in [-0.25, -0.2) is 8.42 Å². The highest BCUT2D eigenvalue weighted by molar-refractivity contribution is 7.91. The summed E-state index contributed by atoms with van der Waals surface area (Å²) < 4.78 is 29.6. The molecule has 1 aromatic carbocycles. The summed E-state index contributed by atoms with van der Waals surface area (Å²) >= 11 is 0. The number of hydrogen-bond donors (Lipinski definition) is 1. The van der Waals surface area contributed by atoms with Crippen LogP contribution in [0, 0.1) is 5.92 Å². The van der Waals surface area contributed by atoms with Crippen molar-refractivity contribution in [3.05, 3.63) is 59.5 Å². The fourth-order valence-electron chi connectivity index (χ4n) is 5.46. The van der Waals surface area contributed by atoms with Crippen LogP contribution in [0.25, 0.3) is 0 Å². The predicted molar refractivity (Wildman–Crippen MR) is 134 cm³/mol. The summed E-state index contributed by atoms with van der Waals surface area (Å²) in [5.74, 6) is 1.70. The van der Waals surface area contributed by atoms with Gasteiger partial charge in [0.1, 0.15) is 5.76 Å². The normalized spacial score (nSPS) is 21.6. The number of rotatable bonds is 9. The predicted octanol–water partition coefficient (Wildman–Crippen LogP) is 4.83. The Morgan fingerprint density at radius 3 is 2.41 bits per heavy atom. The third-order valence-corrected chi connectivity index (χ3v) is 9.14. The molecule has 1 saturated carbocycles. The third kappa shape index (κ3) is 6.30. The van der Waals surface area contributed by atoms with E-state index in [2.05, 4.69) is 43.4 Å². The average molecular weight is 487 g/mol. The molecule has 0 radical (unpaired) electrons. The van der Waals surface area contributed by atoms with Crippen LogP contribution in [0.5, 0.6) is 0 Å². The highest BCUT2D eigenvalue weighted by atomic mass is 32.2. The van der Waals surface area contributed by atoms with E-state index in [0.29, 0.717) is 24.0 Å². The second-order valence-corrected chi connectivity index (χ2v) is 12.5. The van der Waals surface area contributed by atoms with Gasteiger partial charge < -0.3 is 14.6 Å². The molecule has 0 bridgehead atoms. The quantitative estimate of drug-likeness (QED) is 0.549. The Morgan fingerprint density at radius 1 is 1.09 bits per heavy atom. The zero-order valence-corrected chi connectivity index (χ0v) is 21.2. The van der Waals surface area contributed by atoms with Gasteiger partial charge in [0.2, 0.25) is 5.91 Å². The first-order valence-electron chi connectivity index (χ1n) is 12.7. The lowest BCUT2D eigenvalue weighted by molar-refractivity contribution is -0.133. The molecule has 1 amide bonds. The topological polar surface area (TPSA) is 79.6 Å². The molecule has 2 aromatic rings. The molecule has 7 heteroatoms. The van der Waals surface area contributed by atoms with Gasteiger partial charge in [-0.1, -0.05) is 57.4 Å². The van der Waals surface area contributed by atoms with Crippen LogP contribution in [0.4, 0.5) is 0 Å². The molecule has 2 atom stereocenters. The molecule has 1 N–H and O–H groups in total. The van der Waals surface area contributed by atoms with E-state index >= 15 is 0 Å². The lowest BCUT2D eigenvalue weighted by Crippen LogP contribution is -2.45. The van der Waals surface area contributed by atoms with Crippen molar-refractivity contribution in [1.82, 2.24) is 10.2 Å². The van der Waals surface area contributed by atoms with Gasteiger partial charge in [0.05, 0.1) is 30.9 Å². The van der Waals surface area contributed by atoms with Crippen molar-refractivity contribution in [3.63, 3.8) is 0 Å². The van der Waals surface area contributed by atoms with Crippen LogP contribution in [0.2, 0.25) is 0 Å². The number of sulfone groups is 1. The van der Waals surface area contributed by atoms with Gasteiger partial charge in [-0.05, 0) is 54.4 Å². The Hall–Kier alpha value is -2.12. The summed E-state index contributed by atoms with van der Waals surface area (Å²) in [6, 6.07) is 12.3. The molecular weight excluding hydrogens is 448 g/mol. The molecule has 1 saturated heterocycles. The van der Waals surface area contributed by atoms with Crippen LogP contribution in [0.1, 0.15) is 81.2 Å². The number of nitrogens with zero attached hydrogens (tertiary/aromatic N) is 1. The molecule has 6 nitrogen and oxygen atoms in total. The van der Waals surface area contributed by atoms with E-state index in [1.165, 1.54) is 43.2 Å². The maximum Gasteiger partial charge on any atom is 0.237 e. The van der Waals surface area contributed by atoms with Crippen LogP contribution in [0.15, 0.2) is 47.1 Å². The lowest BCUT2D eigenvalue weighted by atomic mass is 9.83. The average Bonchev–Trinajstić information content (AvgIpc) is 3.47. The number of amides is 1. The smallest absolute Gasteiger partial charge is 0.237 e. The molecule has 186 valence electrons. The minimum Gasteiger partial charge on any atom is -0.467 e. The Bertz CT molecular complexity index is 1030. The molecule has 4 rings (SSSR count). The molecule has 1 aliphatic carbocycles. The first-order valence-corrected chi connectivity index (χ1v) is 14.5. The van der Waals surface area contributed by atoms with Crippen LogP contribution in [-0.4, -0.2) is 43.3 Å². The van der Waals surface area contributed by atoms with E-state index < -0.39 is 9.84 Å². The van der Waals surface area contributed by atoms with E-state index in [0.717, 1.165) is 0 Å². The van der Waals surface area contributed by atoms with E-state index in [1.54, 1.807) is 17.2 Å². The lowest BCUT2D eigenvalue weighted by Gasteiger charge is -2.30. The third-order valence-electron chi connectivity index (χ3n) is 7.39. The molecule has 2 fully saturated rings. The summed E-state index contributed by atoms with van der Waals surface area (Å²) in [6.07, 6.45) is 8.61. The first-order chi connectivity index (χ1) is 16.3. The summed E-state index contributed by atoms with van der Waals surface area (Å²) in [7, 11) is -3.10. The van der Waals surface area contributed by atoms with Crippen molar-refractivity contribution in [2.45, 2.75) is 76.9 Å². The Labute approximate surface area is 204 Å². The number of carbonyl (C=O) groups is 1. The maximum atomic E-state index is 13.3. The monoisotopic (exact) mass is 486 g/mol. The minimum atomic E-state index is -3.10. The Balaban J connectivity index is 1.43. The highest BCUT2D eigenvalue weighted by Crippen LogP contribution is 2.33. The number of hydrogen-bond acceptors (Lipinski definition) is 5. The zero-order chi connectivity index (χ0) is 24.1. The number of carbonyl (C=O) groups excluding carboxylic acids is 1. The number of benzene rings is 1. The molecule has 34 heavy (non-hydrogen) atoms. The molecule has 0 spiro atoms. The molecule has 2 aliphatic rings. The Kier molecular flexibility index (Phi) is 8.14.